The minimum atomic E-state index is -0.0750. The van der Waals surface area contributed by atoms with E-state index in [0.29, 0.717) is 5.69 Å². The Kier molecular flexibility index (Phi) is 3.80. The van der Waals surface area contributed by atoms with Crippen LogP contribution in [-0.4, -0.2) is 22.7 Å². The van der Waals surface area contributed by atoms with E-state index in [-0.39, 0.29) is 5.78 Å². The second-order valence-corrected chi connectivity index (χ2v) is 4.23. The van der Waals surface area contributed by atoms with Gasteiger partial charge in [-0.3, -0.25) is 9.48 Å². The van der Waals surface area contributed by atoms with Gasteiger partial charge in [0.1, 0.15) is 11.4 Å². The number of benzene rings is 1. The fraction of sp³-hybridized carbons (Fsp3) is 0.200. The van der Waals surface area contributed by atoms with Gasteiger partial charge in [-0.1, -0.05) is 18.2 Å². The van der Waals surface area contributed by atoms with Crippen molar-refractivity contribution in [2.45, 2.75) is 6.92 Å². The van der Waals surface area contributed by atoms with Crippen LogP contribution >= 0.6 is 0 Å². The van der Waals surface area contributed by atoms with Crippen molar-refractivity contribution in [3.63, 3.8) is 0 Å². The molecule has 0 bridgehead atoms. The van der Waals surface area contributed by atoms with Crippen LogP contribution in [0.15, 0.2) is 36.4 Å². The highest BCUT2D eigenvalue weighted by Crippen LogP contribution is 2.19. The molecule has 0 atom stereocenters. The van der Waals surface area contributed by atoms with Crippen LogP contribution in [0.5, 0.6) is 5.75 Å². The number of aryl methyl sites for hydroxylation is 2. The molecule has 1 aromatic carbocycles. The summed E-state index contributed by atoms with van der Waals surface area (Å²) in [7, 11) is 3.37. The minimum absolute atomic E-state index is 0.0750. The Labute approximate surface area is 112 Å². The van der Waals surface area contributed by atoms with Gasteiger partial charge in [0.2, 0.25) is 5.78 Å². The van der Waals surface area contributed by atoms with Crippen LogP contribution in [0.4, 0.5) is 0 Å². The molecule has 4 heteroatoms. The Morgan fingerprint density at radius 1 is 1.37 bits per heavy atom. The van der Waals surface area contributed by atoms with Gasteiger partial charge in [0.25, 0.3) is 0 Å². The van der Waals surface area contributed by atoms with Gasteiger partial charge in [-0.05, 0) is 31.2 Å². The van der Waals surface area contributed by atoms with Crippen molar-refractivity contribution >= 4 is 11.9 Å². The number of rotatable bonds is 4. The van der Waals surface area contributed by atoms with Crippen molar-refractivity contribution in [1.29, 1.82) is 0 Å². The van der Waals surface area contributed by atoms with E-state index < -0.39 is 0 Å². The summed E-state index contributed by atoms with van der Waals surface area (Å²) < 4.78 is 6.82. The summed E-state index contributed by atoms with van der Waals surface area (Å²) in [6.07, 6.45) is 3.29. The lowest BCUT2D eigenvalue weighted by Gasteiger charge is -2.03. The highest BCUT2D eigenvalue weighted by Gasteiger charge is 2.08. The molecule has 19 heavy (non-hydrogen) atoms. The van der Waals surface area contributed by atoms with Crippen molar-refractivity contribution in [2.24, 2.45) is 7.05 Å². The Morgan fingerprint density at radius 3 is 2.74 bits per heavy atom. The summed E-state index contributed by atoms with van der Waals surface area (Å²) in [4.78, 5) is 12.1. The molecule has 0 saturated heterocycles. The van der Waals surface area contributed by atoms with E-state index in [1.807, 2.05) is 31.2 Å². The van der Waals surface area contributed by atoms with Crippen LogP contribution in [0.1, 0.15) is 21.7 Å². The zero-order chi connectivity index (χ0) is 13.8. The van der Waals surface area contributed by atoms with E-state index in [4.69, 9.17) is 4.74 Å². The normalized spacial score (nSPS) is 10.9. The molecular weight excluding hydrogens is 240 g/mol. The molecule has 2 rings (SSSR count). The first-order valence-corrected chi connectivity index (χ1v) is 5.98. The molecule has 4 nitrogen and oxygen atoms in total. The molecule has 98 valence electrons. The number of hydrogen-bond acceptors (Lipinski definition) is 3. The van der Waals surface area contributed by atoms with Crippen LogP contribution in [0.3, 0.4) is 0 Å². The lowest BCUT2D eigenvalue weighted by Crippen LogP contribution is -2.03. The number of carbonyl (C=O) groups is 1. The topological polar surface area (TPSA) is 44.1 Å². The maximum Gasteiger partial charge on any atom is 0.203 e. The predicted octanol–water partition coefficient (Wildman–Crippen LogP) is 2.63. The van der Waals surface area contributed by atoms with Crippen molar-refractivity contribution in [1.82, 2.24) is 9.78 Å². The van der Waals surface area contributed by atoms with Crippen LogP contribution in [0.25, 0.3) is 6.08 Å². The number of carbonyl (C=O) groups excluding carboxylic acids is 1. The molecule has 0 aliphatic carbocycles. The summed E-state index contributed by atoms with van der Waals surface area (Å²) in [5.74, 6) is 0.668. The van der Waals surface area contributed by atoms with Crippen molar-refractivity contribution in [3.05, 3.63) is 53.4 Å². The van der Waals surface area contributed by atoms with E-state index in [2.05, 4.69) is 5.10 Å². The zero-order valence-electron chi connectivity index (χ0n) is 11.3. The third kappa shape index (κ3) is 2.91. The quantitative estimate of drug-likeness (QED) is 0.624. The molecule has 0 radical (unpaired) electrons. The van der Waals surface area contributed by atoms with Crippen LogP contribution in [0.2, 0.25) is 0 Å². The number of allylic oxidation sites excluding steroid dienone is 1. The van der Waals surface area contributed by atoms with Gasteiger partial charge in [0.15, 0.2) is 0 Å². The third-order valence-electron chi connectivity index (χ3n) is 2.81. The van der Waals surface area contributed by atoms with E-state index in [1.165, 1.54) is 6.08 Å². The molecule has 0 saturated carbocycles. The fourth-order valence-electron chi connectivity index (χ4n) is 1.90. The van der Waals surface area contributed by atoms with E-state index >= 15 is 0 Å². The van der Waals surface area contributed by atoms with E-state index in [9.17, 15) is 4.79 Å². The largest absolute Gasteiger partial charge is 0.496 e. The van der Waals surface area contributed by atoms with Gasteiger partial charge < -0.3 is 4.74 Å². The average molecular weight is 256 g/mol. The predicted molar refractivity (Wildman–Crippen MR) is 74.3 cm³/mol. The van der Waals surface area contributed by atoms with Crippen molar-refractivity contribution in [2.75, 3.05) is 7.11 Å². The highest BCUT2D eigenvalue weighted by molar-refractivity contribution is 6.05. The first-order valence-electron chi connectivity index (χ1n) is 5.98. The molecule has 0 spiro atoms. The maximum absolute atomic E-state index is 12.1. The van der Waals surface area contributed by atoms with Crippen LogP contribution in [-0.2, 0) is 7.05 Å². The van der Waals surface area contributed by atoms with Gasteiger partial charge in [-0.2, -0.15) is 5.10 Å². The summed E-state index contributed by atoms with van der Waals surface area (Å²) >= 11 is 0. The number of ether oxygens (including phenoxy) is 1. The molecule has 0 unspecified atom stereocenters. The summed E-state index contributed by atoms with van der Waals surface area (Å²) in [6, 6.07) is 9.33. The molecular formula is C15H16N2O2. The van der Waals surface area contributed by atoms with Crippen LogP contribution in [0, 0.1) is 6.92 Å². The number of nitrogens with zero attached hydrogens (tertiary/aromatic N) is 2. The smallest absolute Gasteiger partial charge is 0.203 e. The molecule has 2 aromatic rings. The Morgan fingerprint density at radius 2 is 2.11 bits per heavy atom. The van der Waals surface area contributed by atoms with Crippen molar-refractivity contribution in [3.8, 4) is 5.75 Å². The molecule has 0 N–H and O–H groups in total. The van der Waals surface area contributed by atoms with Gasteiger partial charge in [-0.25, -0.2) is 0 Å². The monoisotopic (exact) mass is 256 g/mol. The second kappa shape index (κ2) is 5.52. The Balaban J connectivity index is 2.23. The number of aromatic nitrogens is 2. The first-order chi connectivity index (χ1) is 9.11. The number of methoxy groups -OCH3 is 1. The van der Waals surface area contributed by atoms with E-state index in [0.717, 1.165) is 17.0 Å². The van der Waals surface area contributed by atoms with Crippen molar-refractivity contribution < 1.29 is 9.53 Å². The highest BCUT2D eigenvalue weighted by atomic mass is 16.5. The Hall–Kier alpha value is -2.36. The van der Waals surface area contributed by atoms with E-state index in [1.54, 1.807) is 31.0 Å². The average Bonchev–Trinajstić information content (AvgIpc) is 2.75. The van der Waals surface area contributed by atoms with Gasteiger partial charge in [0, 0.05) is 12.6 Å². The summed E-state index contributed by atoms with van der Waals surface area (Å²) in [6.45, 7) is 1.86. The second-order valence-electron chi connectivity index (χ2n) is 4.23. The Bertz CT molecular complexity index is 627. The van der Waals surface area contributed by atoms with Gasteiger partial charge in [-0.15, -0.1) is 0 Å². The van der Waals surface area contributed by atoms with Gasteiger partial charge in [0.05, 0.1) is 12.8 Å². The lowest BCUT2D eigenvalue weighted by atomic mass is 10.1. The summed E-state index contributed by atoms with van der Waals surface area (Å²) in [5.41, 5.74) is 2.28. The molecule has 1 aromatic heterocycles. The molecule has 0 aliphatic heterocycles. The minimum Gasteiger partial charge on any atom is -0.496 e. The standard InChI is InChI=1S/C15H16N2O2/c1-11-10-13(17(2)16-11)14(18)9-8-12-6-4-5-7-15(12)19-3/h4-10H,1-3H3/b9-8+. The third-order valence-corrected chi connectivity index (χ3v) is 2.81. The van der Waals surface area contributed by atoms with Crippen LogP contribution < -0.4 is 4.74 Å². The number of ketones is 1. The van der Waals surface area contributed by atoms with Gasteiger partial charge >= 0.3 is 0 Å². The number of hydrogen-bond donors (Lipinski definition) is 0. The molecule has 0 aliphatic rings. The summed E-state index contributed by atoms with van der Waals surface area (Å²) in [5, 5.41) is 4.16. The SMILES string of the molecule is COc1ccccc1/C=C/C(=O)c1cc(C)nn1C. The zero-order valence-corrected chi connectivity index (χ0v) is 11.3. The maximum atomic E-state index is 12.1. The lowest BCUT2D eigenvalue weighted by molar-refractivity contribution is 0.103. The molecule has 0 fully saturated rings. The molecule has 0 amide bonds. The number of para-hydroxylation sites is 1. The molecule has 1 heterocycles. The fourth-order valence-corrected chi connectivity index (χ4v) is 1.90. The first kappa shape index (κ1) is 13.1.